The van der Waals surface area contributed by atoms with E-state index in [0.717, 1.165) is 54.7 Å². The fourth-order valence-electron chi connectivity index (χ4n) is 3.00. The molecule has 116 valence electrons. The van der Waals surface area contributed by atoms with Crippen molar-refractivity contribution in [3.8, 4) is 17.2 Å². The third-order valence-electron chi connectivity index (χ3n) is 4.38. The van der Waals surface area contributed by atoms with Crippen molar-refractivity contribution < 1.29 is 14.2 Å². The van der Waals surface area contributed by atoms with E-state index in [0.29, 0.717) is 12.9 Å². The molecular weight excluding hydrogens is 266 g/mol. The lowest BCUT2D eigenvalue weighted by Crippen LogP contribution is -2.24. The first-order chi connectivity index (χ1) is 10.3. The monoisotopic (exact) mass is 291 g/mol. The molecule has 0 spiro atoms. The lowest BCUT2D eigenvalue weighted by Gasteiger charge is -2.27. The highest BCUT2D eigenvalue weighted by Gasteiger charge is 2.23. The van der Waals surface area contributed by atoms with Crippen molar-refractivity contribution in [2.45, 2.75) is 52.2 Å². The molecule has 1 N–H and O–H groups in total. The van der Waals surface area contributed by atoms with Crippen molar-refractivity contribution in [2.75, 3.05) is 13.3 Å². The molecule has 0 aromatic heterocycles. The predicted octanol–water partition coefficient (Wildman–Crippen LogP) is 3.48. The van der Waals surface area contributed by atoms with Gasteiger partial charge < -0.3 is 19.5 Å². The van der Waals surface area contributed by atoms with E-state index >= 15 is 0 Å². The SMILES string of the molecule is CCNCc1cc2c(cc1OC1CCC(C)CC1)OCO2. The molecule has 3 rings (SSSR count). The van der Waals surface area contributed by atoms with Gasteiger partial charge in [-0.3, -0.25) is 0 Å². The minimum Gasteiger partial charge on any atom is -0.490 e. The third-order valence-corrected chi connectivity index (χ3v) is 4.38. The summed E-state index contributed by atoms with van der Waals surface area (Å²) in [5.41, 5.74) is 1.15. The average molecular weight is 291 g/mol. The summed E-state index contributed by atoms with van der Waals surface area (Å²) < 4.78 is 17.2. The molecule has 1 aliphatic carbocycles. The number of hydrogen-bond donors (Lipinski definition) is 1. The Kier molecular flexibility index (Phi) is 4.54. The van der Waals surface area contributed by atoms with Gasteiger partial charge in [-0.2, -0.15) is 0 Å². The zero-order valence-corrected chi connectivity index (χ0v) is 13.0. The quantitative estimate of drug-likeness (QED) is 0.901. The molecule has 0 unspecified atom stereocenters. The minimum atomic E-state index is 0.306. The molecule has 1 saturated carbocycles. The number of nitrogens with one attached hydrogen (secondary N) is 1. The van der Waals surface area contributed by atoms with Crippen molar-refractivity contribution in [2.24, 2.45) is 5.92 Å². The van der Waals surface area contributed by atoms with E-state index < -0.39 is 0 Å². The minimum absolute atomic E-state index is 0.306. The van der Waals surface area contributed by atoms with Gasteiger partial charge in [0.1, 0.15) is 5.75 Å². The maximum atomic E-state index is 6.28. The largest absolute Gasteiger partial charge is 0.490 e. The molecule has 1 aliphatic heterocycles. The van der Waals surface area contributed by atoms with Crippen molar-refractivity contribution in [1.82, 2.24) is 5.32 Å². The average Bonchev–Trinajstić information content (AvgIpc) is 2.94. The smallest absolute Gasteiger partial charge is 0.231 e. The van der Waals surface area contributed by atoms with Crippen molar-refractivity contribution in [3.63, 3.8) is 0 Å². The van der Waals surface area contributed by atoms with Crippen molar-refractivity contribution in [1.29, 1.82) is 0 Å². The van der Waals surface area contributed by atoms with E-state index in [-0.39, 0.29) is 0 Å². The lowest BCUT2D eigenvalue weighted by atomic mass is 9.89. The Labute approximate surface area is 126 Å². The molecule has 0 radical (unpaired) electrons. The number of fused-ring (bicyclic) bond motifs is 1. The van der Waals surface area contributed by atoms with Gasteiger partial charge in [-0.25, -0.2) is 0 Å². The van der Waals surface area contributed by atoms with Crippen molar-refractivity contribution >= 4 is 0 Å². The van der Waals surface area contributed by atoms with Gasteiger partial charge in [0.25, 0.3) is 0 Å². The van der Waals surface area contributed by atoms with Gasteiger partial charge in [0.2, 0.25) is 6.79 Å². The zero-order valence-electron chi connectivity index (χ0n) is 13.0. The Balaban J connectivity index is 1.75. The Hall–Kier alpha value is -1.42. The summed E-state index contributed by atoms with van der Waals surface area (Å²) in [6, 6.07) is 4.04. The molecular formula is C17H25NO3. The Morgan fingerprint density at radius 3 is 2.57 bits per heavy atom. The maximum Gasteiger partial charge on any atom is 0.231 e. The van der Waals surface area contributed by atoms with E-state index in [4.69, 9.17) is 14.2 Å². The fourth-order valence-corrected chi connectivity index (χ4v) is 3.00. The van der Waals surface area contributed by atoms with Crippen LogP contribution in [0.15, 0.2) is 12.1 Å². The molecule has 0 amide bonds. The lowest BCUT2D eigenvalue weighted by molar-refractivity contribution is 0.133. The number of hydrogen-bond acceptors (Lipinski definition) is 4. The van der Waals surface area contributed by atoms with Crippen LogP contribution < -0.4 is 19.5 Å². The van der Waals surface area contributed by atoms with E-state index in [2.05, 4.69) is 19.2 Å². The van der Waals surface area contributed by atoms with Crippen LogP contribution in [0.4, 0.5) is 0 Å². The molecule has 4 heteroatoms. The maximum absolute atomic E-state index is 6.28. The van der Waals surface area contributed by atoms with Crippen LogP contribution in [0.5, 0.6) is 17.2 Å². The van der Waals surface area contributed by atoms with Gasteiger partial charge in [-0.05, 0) is 44.2 Å². The summed E-state index contributed by atoms with van der Waals surface area (Å²) >= 11 is 0. The third kappa shape index (κ3) is 3.43. The second-order valence-corrected chi connectivity index (χ2v) is 6.09. The fraction of sp³-hybridized carbons (Fsp3) is 0.647. The molecule has 0 saturated heterocycles. The molecule has 0 bridgehead atoms. The summed E-state index contributed by atoms with van der Waals surface area (Å²) in [5, 5.41) is 3.36. The highest BCUT2D eigenvalue weighted by atomic mass is 16.7. The van der Waals surface area contributed by atoms with Crippen LogP contribution in [0, 0.1) is 5.92 Å². The van der Waals surface area contributed by atoms with Crippen LogP contribution in [0.3, 0.4) is 0 Å². The number of benzene rings is 1. The van der Waals surface area contributed by atoms with Gasteiger partial charge >= 0.3 is 0 Å². The first-order valence-corrected chi connectivity index (χ1v) is 8.06. The number of rotatable bonds is 5. The van der Waals surface area contributed by atoms with Gasteiger partial charge in [0, 0.05) is 18.2 Å². The van der Waals surface area contributed by atoms with E-state index in [1.807, 2.05) is 12.1 Å². The highest BCUT2D eigenvalue weighted by molar-refractivity contribution is 5.51. The van der Waals surface area contributed by atoms with Crippen LogP contribution in [0.2, 0.25) is 0 Å². The highest BCUT2D eigenvalue weighted by Crippen LogP contribution is 2.39. The zero-order chi connectivity index (χ0) is 14.7. The van der Waals surface area contributed by atoms with E-state index in [1.165, 1.54) is 12.8 Å². The molecule has 4 nitrogen and oxygen atoms in total. The van der Waals surface area contributed by atoms with Gasteiger partial charge in [-0.1, -0.05) is 13.8 Å². The molecule has 21 heavy (non-hydrogen) atoms. The summed E-state index contributed by atoms with van der Waals surface area (Å²) in [4.78, 5) is 0. The Morgan fingerprint density at radius 1 is 1.14 bits per heavy atom. The van der Waals surface area contributed by atoms with E-state index in [1.54, 1.807) is 0 Å². The van der Waals surface area contributed by atoms with Gasteiger partial charge in [-0.15, -0.1) is 0 Å². The number of ether oxygens (including phenoxy) is 3. The summed E-state index contributed by atoms with van der Waals surface area (Å²) in [6.07, 6.45) is 5.16. The van der Waals surface area contributed by atoms with Crippen LogP contribution >= 0.6 is 0 Å². The first kappa shape index (κ1) is 14.5. The van der Waals surface area contributed by atoms with Crippen LogP contribution in [-0.2, 0) is 6.54 Å². The van der Waals surface area contributed by atoms with Crippen LogP contribution in [0.1, 0.15) is 45.1 Å². The van der Waals surface area contributed by atoms with Crippen molar-refractivity contribution in [3.05, 3.63) is 17.7 Å². The summed E-state index contributed by atoms with van der Waals surface area (Å²) in [5.74, 6) is 3.41. The van der Waals surface area contributed by atoms with E-state index in [9.17, 15) is 0 Å². The summed E-state index contributed by atoms with van der Waals surface area (Å²) in [6.45, 7) is 6.48. The second kappa shape index (κ2) is 6.56. The normalized spacial score (nSPS) is 24.1. The molecule has 0 atom stereocenters. The topological polar surface area (TPSA) is 39.7 Å². The molecule has 2 aliphatic rings. The Morgan fingerprint density at radius 2 is 1.86 bits per heavy atom. The molecule has 1 aromatic carbocycles. The van der Waals surface area contributed by atoms with Gasteiger partial charge in [0.05, 0.1) is 6.10 Å². The summed E-state index contributed by atoms with van der Waals surface area (Å²) in [7, 11) is 0. The van der Waals surface area contributed by atoms with Crippen LogP contribution in [-0.4, -0.2) is 19.4 Å². The molecule has 1 fully saturated rings. The predicted molar refractivity (Wildman–Crippen MR) is 82.0 cm³/mol. The second-order valence-electron chi connectivity index (χ2n) is 6.09. The Bertz CT molecular complexity index is 481. The molecule has 1 heterocycles. The standard InChI is InChI=1S/C17H25NO3/c1-3-18-10-13-8-16-17(20-11-19-16)9-15(13)21-14-6-4-12(2)5-7-14/h8-9,12,14,18H,3-7,10-11H2,1-2H3. The first-order valence-electron chi connectivity index (χ1n) is 8.06. The van der Waals surface area contributed by atoms with Gasteiger partial charge in [0.15, 0.2) is 11.5 Å². The molecule has 1 aromatic rings. The van der Waals surface area contributed by atoms with Crippen LogP contribution in [0.25, 0.3) is 0 Å².